The number of ether oxygens (including phenoxy) is 4. The van der Waals surface area contributed by atoms with E-state index >= 15 is 0 Å². The van der Waals surface area contributed by atoms with E-state index in [1.54, 1.807) is 20.3 Å². The van der Waals surface area contributed by atoms with Crippen LogP contribution in [0.4, 0.5) is 0 Å². The zero-order valence-corrected chi connectivity index (χ0v) is 20.6. The van der Waals surface area contributed by atoms with E-state index in [2.05, 4.69) is 31.8 Å². The van der Waals surface area contributed by atoms with Crippen molar-refractivity contribution in [3.8, 4) is 11.5 Å². The van der Waals surface area contributed by atoms with Crippen molar-refractivity contribution in [2.75, 3.05) is 27.6 Å². The fourth-order valence-electron chi connectivity index (χ4n) is 2.65. The second-order valence-electron chi connectivity index (χ2n) is 7.88. The van der Waals surface area contributed by atoms with Crippen molar-refractivity contribution in [1.29, 1.82) is 0 Å². The predicted molar refractivity (Wildman–Crippen MR) is 120 cm³/mol. The third-order valence-corrected chi connectivity index (χ3v) is 8.21. The van der Waals surface area contributed by atoms with Gasteiger partial charge in [-0.05, 0) is 0 Å². The van der Waals surface area contributed by atoms with Crippen molar-refractivity contribution in [2.45, 2.75) is 37.3 Å². The van der Waals surface area contributed by atoms with Gasteiger partial charge in [-0.15, -0.1) is 0 Å². The van der Waals surface area contributed by atoms with Crippen LogP contribution in [-0.4, -0.2) is 55.8 Å². The first kappa shape index (κ1) is 23.9. The van der Waals surface area contributed by atoms with Gasteiger partial charge >= 0.3 is 182 Å². The molecule has 2 rings (SSSR count). The van der Waals surface area contributed by atoms with Crippen LogP contribution in [-0.2, 0) is 14.8 Å². The van der Waals surface area contributed by atoms with Crippen molar-refractivity contribution in [1.82, 2.24) is 0 Å². The Morgan fingerprint density at radius 2 is 1.79 bits per heavy atom. The molecule has 160 valence electrons. The minimum atomic E-state index is -1.25. The molecule has 0 heterocycles. The van der Waals surface area contributed by atoms with E-state index < -0.39 is 14.4 Å². The summed E-state index contributed by atoms with van der Waals surface area (Å²) in [6.07, 6.45) is -1.05. The molecule has 29 heavy (non-hydrogen) atoms. The minimum absolute atomic E-state index is 0.0884. The molecule has 0 spiro atoms. The first-order valence-electron chi connectivity index (χ1n) is 9.64. The number of hydrogen-bond donors (Lipinski definition) is 1. The van der Waals surface area contributed by atoms with Crippen molar-refractivity contribution in [3.05, 3.63) is 53.6 Å². The van der Waals surface area contributed by atoms with Crippen molar-refractivity contribution < 1.29 is 24.1 Å². The molecule has 7 heteroatoms. The van der Waals surface area contributed by atoms with Crippen LogP contribution in [0.5, 0.6) is 11.5 Å². The molecule has 0 unspecified atom stereocenters. The summed E-state index contributed by atoms with van der Waals surface area (Å²) in [6, 6.07) is 15.1. The van der Waals surface area contributed by atoms with E-state index in [0.717, 1.165) is 16.9 Å². The van der Waals surface area contributed by atoms with Crippen LogP contribution in [0, 0.1) is 0 Å². The topological polar surface area (TPSA) is 57.2 Å². The molecular formula is C22H32O5SeSi. The Balaban J connectivity index is 2.29. The third-order valence-electron chi connectivity index (χ3n) is 4.28. The van der Waals surface area contributed by atoms with Crippen molar-refractivity contribution >= 4 is 27.5 Å². The van der Waals surface area contributed by atoms with Gasteiger partial charge < -0.3 is 0 Å². The van der Waals surface area contributed by atoms with Crippen LogP contribution in [0.25, 0.3) is 0 Å². The molecule has 1 atom stereocenters. The van der Waals surface area contributed by atoms with Gasteiger partial charge in [0.1, 0.15) is 0 Å². The van der Waals surface area contributed by atoms with Gasteiger partial charge in [0.15, 0.2) is 0 Å². The summed E-state index contributed by atoms with van der Waals surface area (Å²) in [5.41, 5.74) is 1.64. The van der Waals surface area contributed by atoms with Gasteiger partial charge in [-0.3, -0.25) is 0 Å². The summed E-state index contributed by atoms with van der Waals surface area (Å²) < 4.78 is 23.4. The van der Waals surface area contributed by atoms with E-state index in [9.17, 15) is 5.11 Å². The Morgan fingerprint density at radius 3 is 2.41 bits per heavy atom. The average Bonchev–Trinajstić information content (AvgIpc) is 2.69. The zero-order chi connectivity index (χ0) is 21.3. The van der Waals surface area contributed by atoms with Gasteiger partial charge in [0, 0.05) is 0 Å². The molecular weight excluding hydrogens is 451 g/mol. The van der Waals surface area contributed by atoms with Gasteiger partial charge in [-0.1, -0.05) is 0 Å². The van der Waals surface area contributed by atoms with E-state index in [4.69, 9.17) is 18.9 Å². The van der Waals surface area contributed by atoms with Crippen LogP contribution < -0.4 is 13.9 Å². The Hall–Kier alpha value is -1.34. The van der Waals surface area contributed by atoms with E-state index in [0.29, 0.717) is 23.7 Å². The molecule has 0 aliphatic rings. The molecule has 0 amide bonds. The molecule has 0 radical (unpaired) electrons. The number of methoxy groups -OCH3 is 2. The van der Waals surface area contributed by atoms with Gasteiger partial charge in [-0.2, -0.15) is 0 Å². The summed E-state index contributed by atoms with van der Waals surface area (Å²) >= 11 is 0.207. The second-order valence-corrected chi connectivity index (χ2v) is 15.7. The number of hydrogen-bond acceptors (Lipinski definition) is 5. The van der Waals surface area contributed by atoms with E-state index in [-0.39, 0.29) is 21.7 Å². The average molecular weight is 484 g/mol. The second kappa shape index (κ2) is 11.7. The maximum absolute atomic E-state index is 10.9. The van der Waals surface area contributed by atoms with Crippen LogP contribution in [0.1, 0.15) is 17.4 Å². The fraction of sp³-hybridized carbons (Fsp3) is 0.455. The molecule has 0 aliphatic carbocycles. The molecule has 0 saturated carbocycles. The molecule has 1 N–H and O–H groups in total. The normalized spacial score (nSPS) is 12.6. The Morgan fingerprint density at radius 1 is 1.07 bits per heavy atom. The fourth-order valence-corrected chi connectivity index (χ4v) is 5.29. The third kappa shape index (κ3) is 8.13. The quantitative estimate of drug-likeness (QED) is 0.370. The summed E-state index contributed by atoms with van der Waals surface area (Å²) in [5, 5.41) is 11.7. The Kier molecular flexibility index (Phi) is 9.69. The molecule has 5 nitrogen and oxygen atoms in total. The maximum atomic E-state index is 10.9. The van der Waals surface area contributed by atoms with Gasteiger partial charge in [0.2, 0.25) is 0 Å². The van der Waals surface area contributed by atoms with E-state index in [1.165, 1.54) is 4.46 Å². The van der Waals surface area contributed by atoms with Crippen LogP contribution in [0.2, 0.25) is 25.7 Å². The van der Waals surface area contributed by atoms with Gasteiger partial charge in [0.25, 0.3) is 0 Å². The molecule has 2 aromatic carbocycles. The van der Waals surface area contributed by atoms with Crippen molar-refractivity contribution in [3.63, 3.8) is 0 Å². The molecule has 0 aromatic heterocycles. The molecule has 0 fully saturated rings. The molecule has 0 aliphatic heterocycles. The van der Waals surface area contributed by atoms with Gasteiger partial charge in [0.05, 0.1) is 0 Å². The number of aliphatic hydroxyl groups excluding tert-OH is 1. The van der Waals surface area contributed by atoms with E-state index in [1.807, 2.05) is 24.3 Å². The van der Waals surface area contributed by atoms with Crippen LogP contribution >= 0.6 is 0 Å². The Bertz CT molecular complexity index is 749. The monoisotopic (exact) mass is 484 g/mol. The Labute approximate surface area is 181 Å². The van der Waals surface area contributed by atoms with Crippen LogP contribution in [0.15, 0.2) is 42.5 Å². The zero-order valence-electron chi connectivity index (χ0n) is 17.9. The molecule has 0 bridgehead atoms. The first-order valence-corrected chi connectivity index (χ1v) is 15.4. The summed E-state index contributed by atoms with van der Waals surface area (Å²) in [7, 11) is 1.95. The molecule has 0 saturated heterocycles. The predicted octanol–water partition coefficient (Wildman–Crippen LogP) is 3.55. The standard InChI is InChI=1S/C22H32O5SeSi/c1-24-16-27-20-14-18(25-2)13-17(15-28-19-9-7-6-8-10-19)21(20)22(23)26-11-12-29(3,4)5/h6-10,13-14,22-23H,11-12,15-16H2,1-5H3/t22-/m0/s1. The summed E-state index contributed by atoms with van der Waals surface area (Å²) in [4.78, 5) is 0. The number of rotatable bonds is 12. The first-order chi connectivity index (χ1) is 13.8. The summed E-state index contributed by atoms with van der Waals surface area (Å²) in [5.74, 6) is 1.22. The van der Waals surface area contributed by atoms with Gasteiger partial charge in [-0.25, -0.2) is 0 Å². The number of benzene rings is 2. The summed E-state index contributed by atoms with van der Waals surface area (Å²) in [6.45, 7) is 7.48. The SMILES string of the molecule is COCOc1cc(OC)cc(C[Se]c2ccccc2)c1[C@@H](O)OCC[Si](C)(C)C. The molecule has 2 aromatic rings. The van der Waals surface area contributed by atoms with Crippen LogP contribution in [0.3, 0.4) is 0 Å². The van der Waals surface area contributed by atoms with Crippen molar-refractivity contribution in [2.24, 2.45) is 0 Å². The number of aliphatic hydroxyl groups is 1.